The van der Waals surface area contributed by atoms with Gasteiger partial charge >= 0.3 is 0 Å². The lowest BCUT2D eigenvalue weighted by Gasteiger charge is -2.20. The Bertz CT molecular complexity index is 1090. The average molecular weight is 366 g/mol. The lowest BCUT2D eigenvalue weighted by atomic mass is 10.1. The van der Waals surface area contributed by atoms with Crippen LogP contribution in [0.4, 0.5) is 5.69 Å². The van der Waals surface area contributed by atoms with Gasteiger partial charge in [0.05, 0.1) is 16.6 Å². The lowest BCUT2D eigenvalue weighted by Crippen LogP contribution is -2.39. The summed E-state index contributed by atoms with van der Waals surface area (Å²) < 4.78 is 27.0. The van der Waals surface area contributed by atoms with E-state index >= 15 is 0 Å². The number of carbonyl (C=O) groups is 1. The summed E-state index contributed by atoms with van der Waals surface area (Å²) in [6.45, 7) is 1.63. The molecule has 0 radical (unpaired) electrons. The molecule has 0 fully saturated rings. The number of rotatable bonds is 4. The van der Waals surface area contributed by atoms with E-state index in [-0.39, 0.29) is 23.4 Å². The molecule has 1 aliphatic heterocycles. The van der Waals surface area contributed by atoms with E-state index in [9.17, 15) is 13.2 Å². The Labute approximate surface area is 152 Å². The third-order valence-electron chi connectivity index (χ3n) is 4.65. The molecule has 0 bridgehead atoms. The van der Waals surface area contributed by atoms with Crippen molar-refractivity contribution in [3.63, 3.8) is 0 Å². The van der Waals surface area contributed by atoms with Gasteiger partial charge in [0, 0.05) is 5.39 Å². The van der Waals surface area contributed by atoms with Gasteiger partial charge in [-0.05, 0) is 30.0 Å². The monoisotopic (exact) mass is 366 g/mol. The predicted molar refractivity (Wildman–Crippen MR) is 101 cm³/mol. The molecule has 1 N–H and O–H groups in total. The highest BCUT2D eigenvalue weighted by Gasteiger charge is 2.36. The Morgan fingerprint density at radius 3 is 2.42 bits per heavy atom. The Morgan fingerprint density at radius 2 is 1.69 bits per heavy atom. The molecular formula is C20H18N2O3S. The van der Waals surface area contributed by atoms with Crippen molar-refractivity contribution in [1.82, 2.24) is 5.32 Å². The highest BCUT2D eigenvalue weighted by Crippen LogP contribution is 2.41. The lowest BCUT2D eigenvalue weighted by molar-refractivity contribution is -0.120. The van der Waals surface area contributed by atoms with Crippen LogP contribution in [0, 0.1) is 0 Å². The van der Waals surface area contributed by atoms with Gasteiger partial charge in [-0.3, -0.25) is 9.10 Å². The third kappa shape index (κ3) is 2.63. The van der Waals surface area contributed by atoms with Gasteiger partial charge < -0.3 is 5.32 Å². The zero-order chi connectivity index (χ0) is 18.3. The minimum atomic E-state index is -3.72. The van der Waals surface area contributed by atoms with Crippen molar-refractivity contribution in [1.29, 1.82) is 0 Å². The molecule has 0 aromatic heterocycles. The van der Waals surface area contributed by atoms with Crippen LogP contribution in [-0.4, -0.2) is 20.9 Å². The van der Waals surface area contributed by atoms with Gasteiger partial charge in [-0.15, -0.1) is 0 Å². The minimum absolute atomic E-state index is 0.202. The van der Waals surface area contributed by atoms with Crippen LogP contribution >= 0.6 is 0 Å². The first-order valence-electron chi connectivity index (χ1n) is 8.37. The topological polar surface area (TPSA) is 66.5 Å². The van der Waals surface area contributed by atoms with Gasteiger partial charge in [-0.25, -0.2) is 8.42 Å². The molecule has 132 valence electrons. The van der Waals surface area contributed by atoms with Crippen molar-refractivity contribution < 1.29 is 13.2 Å². The Hall–Kier alpha value is -2.86. The van der Waals surface area contributed by atoms with Crippen molar-refractivity contribution >= 4 is 32.4 Å². The summed E-state index contributed by atoms with van der Waals surface area (Å²) in [6.07, 6.45) is 0. The predicted octanol–water partition coefficient (Wildman–Crippen LogP) is 3.23. The average Bonchev–Trinajstić information content (AvgIpc) is 2.86. The molecule has 5 nitrogen and oxygen atoms in total. The van der Waals surface area contributed by atoms with Gasteiger partial charge in [-0.1, -0.05) is 54.6 Å². The van der Waals surface area contributed by atoms with Crippen molar-refractivity contribution in [3.05, 3.63) is 72.3 Å². The zero-order valence-electron chi connectivity index (χ0n) is 14.2. The van der Waals surface area contributed by atoms with Gasteiger partial charge in [-0.2, -0.15) is 0 Å². The first kappa shape index (κ1) is 16.6. The first-order valence-corrected chi connectivity index (χ1v) is 9.81. The second-order valence-corrected chi connectivity index (χ2v) is 8.17. The quantitative estimate of drug-likeness (QED) is 0.771. The second-order valence-electron chi connectivity index (χ2n) is 6.34. The van der Waals surface area contributed by atoms with Crippen LogP contribution in [0.1, 0.15) is 18.5 Å². The zero-order valence-corrected chi connectivity index (χ0v) is 15.0. The molecule has 0 saturated heterocycles. The summed E-state index contributed by atoms with van der Waals surface area (Å²) in [7, 11) is -3.72. The number of nitrogens with zero attached hydrogens (tertiary/aromatic N) is 1. The molecular weight excluding hydrogens is 348 g/mol. The number of sulfonamides is 1. The fourth-order valence-electron chi connectivity index (χ4n) is 3.37. The molecule has 0 aliphatic carbocycles. The number of carbonyl (C=O) groups excluding carboxylic acids is 1. The molecule has 4 rings (SSSR count). The standard InChI is InChI=1S/C20H18N2O3S/c1-14(15-7-3-2-4-8-15)21-19(23)13-22-17-11-5-9-16-10-6-12-18(20(16)17)26(22,24)25/h2-12,14H,13H2,1H3,(H,21,23)/t14-/m0/s1. The first-order chi connectivity index (χ1) is 12.5. The van der Waals surface area contributed by atoms with Crippen LogP contribution in [-0.2, 0) is 14.8 Å². The number of nitrogens with one attached hydrogen (secondary N) is 1. The maximum absolute atomic E-state index is 12.9. The number of benzene rings is 3. The normalized spacial score (nSPS) is 15.8. The third-order valence-corrected chi connectivity index (χ3v) is 6.45. The molecule has 1 atom stereocenters. The molecule has 0 spiro atoms. The van der Waals surface area contributed by atoms with Crippen molar-refractivity contribution in [3.8, 4) is 0 Å². The molecule has 1 heterocycles. The largest absolute Gasteiger partial charge is 0.348 e. The van der Waals surface area contributed by atoms with Crippen molar-refractivity contribution in [2.45, 2.75) is 17.9 Å². The molecule has 3 aromatic carbocycles. The molecule has 26 heavy (non-hydrogen) atoms. The highest BCUT2D eigenvalue weighted by atomic mass is 32.2. The van der Waals surface area contributed by atoms with E-state index in [1.807, 2.05) is 49.4 Å². The molecule has 1 amide bonds. The van der Waals surface area contributed by atoms with Gasteiger partial charge in [0.2, 0.25) is 5.91 Å². The fourth-order valence-corrected chi connectivity index (χ4v) is 5.04. The molecule has 1 aliphatic rings. The number of hydrogen-bond donors (Lipinski definition) is 1. The van der Waals surface area contributed by atoms with Crippen LogP contribution < -0.4 is 9.62 Å². The van der Waals surface area contributed by atoms with Crippen LogP contribution in [0.15, 0.2) is 71.6 Å². The highest BCUT2D eigenvalue weighted by molar-refractivity contribution is 7.93. The van der Waals surface area contributed by atoms with Crippen LogP contribution in [0.5, 0.6) is 0 Å². The molecule has 0 saturated carbocycles. The van der Waals surface area contributed by atoms with E-state index in [1.165, 1.54) is 4.31 Å². The van der Waals surface area contributed by atoms with E-state index in [0.717, 1.165) is 10.9 Å². The molecule has 0 unspecified atom stereocenters. The fraction of sp³-hybridized carbons (Fsp3) is 0.150. The summed E-state index contributed by atoms with van der Waals surface area (Å²) in [5.74, 6) is -0.338. The second kappa shape index (κ2) is 6.14. The van der Waals surface area contributed by atoms with E-state index in [0.29, 0.717) is 11.1 Å². The van der Waals surface area contributed by atoms with Gasteiger partial charge in [0.15, 0.2) is 0 Å². The Kier molecular flexibility index (Phi) is 3.92. The smallest absolute Gasteiger partial charge is 0.265 e. The maximum atomic E-state index is 12.9. The molecule has 3 aromatic rings. The van der Waals surface area contributed by atoms with Crippen molar-refractivity contribution in [2.75, 3.05) is 10.8 Å². The van der Waals surface area contributed by atoms with Crippen LogP contribution in [0.3, 0.4) is 0 Å². The van der Waals surface area contributed by atoms with E-state index in [1.54, 1.807) is 24.3 Å². The van der Waals surface area contributed by atoms with E-state index in [2.05, 4.69) is 5.32 Å². The van der Waals surface area contributed by atoms with Crippen LogP contribution in [0.25, 0.3) is 10.8 Å². The van der Waals surface area contributed by atoms with Crippen LogP contribution in [0.2, 0.25) is 0 Å². The summed E-state index contributed by atoms with van der Waals surface area (Å²) in [4.78, 5) is 12.8. The summed E-state index contributed by atoms with van der Waals surface area (Å²) >= 11 is 0. The minimum Gasteiger partial charge on any atom is -0.348 e. The number of hydrogen-bond acceptors (Lipinski definition) is 3. The summed E-state index contributed by atoms with van der Waals surface area (Å²) in [6, 6.07) is 20.0. The Balaban J connectivity index is 1.61. The van der Waals surface area contributed by atoms with E-state index < -0.39 is 10.0 Å². The van der Waals surface area contributed by atoms with Gasteiger partial charge in [0.25, 0.3) is 10.0 Å². The van der Waals surface area contributed by atoms with Crippen molar-refractivity contribution in [2.24, 2.45) is 0 Å². The number of anilines is 1. The van der Waals surface area contributed by atoms with E-state index in [4.69, 9.17) is 0 Å². The Morgan fingerprint density at radius 1 is 1.00 bits per heavy atom. The molecule has 6 heteroatoms. The summed E-state index contributed by atoms with van der Waals surface area (Å²) in [5, 5.41) is 4.41. The maximum Gasteiger partial charge on any atom is 0.265 e. The SMILES string of the molecule is C[C@H](NC(=O)CN1c2cccc3cccc(c23)S1(=O)=O)c1ccccc1. The van der Waals surface area contributed by atoms with Gasteiger partial charge in [0.1, 0.15) is 6.54 Å². The summed E-state index contributed by atoms with van der Waals surface area (Å²) in [5.41, 5.74) is 1.52. The number of amides is 1.